The highest BCUT2D eigenvalue weighted by Crippen LogP contribution is 2.35. The molecule has 0 aromatic carbocycles. The topological polar surface area (TPSA) is 75.4 Å². The van der Waals surface area contributed by atoms with Crippen molar-refractivity contribution in [2.45, 2.75) is 48.5 Å². The molecule has 0 saturated heterocycles. The normalized spacial score (nSPS) is 16.8. The fourth-order valence-electron chi connectivity index (χ4n) is 3.25. The van der Waals surface area contributed by atoms with E-state index in [1.165, 1.54) is 31.4 Å². The monoisotopic (exact) mass is 437 g/mol. The predicted octanol–water partition coefficient (Wildman–Crippen LogP) is 3.96. The fraction of sp³-hybridized carbons (Fsp3) is 0.588. The highest BCUT2D eigenvalue weighted by molar-refractivity contribution is 7.91. The molecule has 2 heterocycles. The zero-order chi connectivity index (χ0) is 20.4. The zero-order valence-electron chi connectivity index (χ0n) is 15.3. The van der Waals surface area contributed by atoms with Crippen LogP contribution in [-0.2, 0) is 16.2 Å². The molecule has 6 nitrogen and oxygen atoms in total. The van der Waals surface area contributed by atoms with Crippen molar-refractivity contribution >= 4 is 21.4 Å². The molecule has 156 valence electrons. The summed E-state index contributed by atoms with van der Waals surface area (Å²) in [5.41, 5.74) is -1.15. The van der Waals surface area contributed by atoms with E-state index in [1.54, 1.807) is 0 Å². The van der Waals surface area contributed by atoms with Gasteiger partial charge in [-0.3, -0.25) is 0 Å². The summed E-state index contributed by atoms with van der Waals surface area (Å²) >= 11 is 0.839. The second kappa shape index (κ2) is 8.52. The van der Waals surface area contributed by atoms with E-state index < -0.39 is 21.9 Å². The molecule has 2 aromatic heterocycles. The Morgan fingerprint density at radius 2 is 2.00 bits per heavy atom. The Hall–Kier alpha value is -1.43. The van der Waals surface area contributed by atoms with Gasteiger partial charge in [-0.25, -0.2) is 13.1 Å². The van der Waals surface area contributed by atoms with Gasteiger partial charge >= 0.3 is 6.18 Å². The van der Waals surface area contributed by atoms with Crippen LogP contribution >= 0.6 is 11.3 Å². The Morgan fingerprint density at radius 1 is 1.29 bits per heavy atom. The number of aromatic nitrogens is 1. The zero-order valence-corrected chi connectivity index (χ0v) is 17.0. The molecule has 1 saturated carbocycles. The maximum absolute atomic E-state index is 12.6. The van der Waals surface area contributed by atoms with Crippen molar-refractivity contribution in [2.75, 3.05) is 20.1 Å². The lowest BCUT2D eigenvalue weighted by Crippen LogP contribution is -2.39. The minimum atomic E-state index is -4.61. The van der Waals surface area contributed by atoms with Crippen molar-refractivity contribution < 1.29 is 26.1 Å². The molecule has 1 N–H and O–H groups in total. The summed E-state index contributed by atoms with van der Waals surface area (Å²) in [4.78, 5) is 2.44. The molecule has 0 unspecified atom stereocenters. The van der Waals surface area contributed by atoms with Crippen LogP contribution in [0.25, 0.3) is 10.6 Å². The summed E-state index contributed by atoms with van der Waals surface area (Å²) in [6, 6.07) is 4.01. The quantitative estimate of drug-likeness (QED) is 0.710. The average Bonchev–Trinajstić information content (AvgIpc) is 3.31. The number of nitrogens with one attached hydrogen (secondary N) is 1. The molecule has 0 spiro atoms. The molecule has 1 aliphatic carbocycles. The third kappa shape index (κ3) is 5.13. The van der Waals surface area contributed by atoms with Crippen LogP contribution in [0.4, 0.5) is 13.2 Å². The number of hydrogen-bond acceptors (Lipinski definition) is 6. The van der Waals surface area contributed by atoms with Gasteiger partial charge in [-0.15, -0.1) is 11.3 Å². The predicted molar refractivity (Wildman–Crippen MR) is 99.5 cm³/mol. The number of hydrogen-bond donors (Lipinski definition) is 1. The molecule has 0 bridgehead atoms. The van der Waals surface area contributed by atoms with E-state index >= 15 is 0 Å². The highest BCUT2D eigenvalue weighted by atomic mass is 32.2. The van der Waals surface area contributed by atoms with Gasteiger partial charge in [0.05, 0.1) is 4.88 Å². The summed E-state index contributed by atoms with van der Waals surface area (Å²) in [6.45, 7) is 0.863. The maximum atomic E-state index is 12.6. The number of sulfonamides is 1. The van der Waals surface area contributed by atoms with Crippen molar-refractivity contribution in [2.24, 2.45) is 0 Å². The lowest BCUT2D eigenvalue weighted by Gasteiger charge is -2.31. The second-order valence-corrected chi connectivity index (χ2v) is 9.94. The van der Waals surface area contributed by atoms with Crippen LogP contribution in [0, 0.1) is 0 Å². The number of halogens is 3. The Balaban J connectivity index is 1.59. The van der Waals surface area contributed by atoms with Gasteiger partial charge in [0.2, 0.25) is 10.0 Å². The molecule has 28 heavy (non-hydrogen) atoms. The molecule has 2 aromatic rings. The first-order valence-electron chi connectivity index (χ1n) is 9.01. The van der Waals surface area contributed by atoms with Crippen LogP contribution in [0.15, 0.2) is 26.9 Å². The standard InChI is InChI=1S/C17H22F3N3O3S2/c1-23(12-5-3-2-4-6-12)10-9-21-28(24,25)16-8-7-14(27-16)13-11-15(22-26-13)17(18,19)20/h7-8,11-12,21H,2-6,9-10H2,1H3. The van der Waals surface area contributed by atoms with Crippen molar-refractivity contribution in [3.05, 3.63) is 23.9 Å². The van der Waals surface area contributed by atoms with Gasteiger partial charge in [0, 0.05) is 25.2 Å². The van der Waals surface area contributed by atoms with Crippen LogP contribution < -0.4 is 4.72 Å². The molecule has 1 fully saturated rings. The third-order valence-corrected chi connectivity index (χ3v) is 7.90. The Kier molecular flexibility index (Phi) is 6.47. The average molecular weight is 438 g/mol. The van der Waals surface area contributed by atoms with E-state index in [4.69, 9.17) is 4.52 Å². The summed E-state index contributed by atoms with van der Waals surface area (Å²) in [5, 5.41) is 2.98. The molecule has 1 aliphatic rings. The first-order chi connectivity index (χ1) is 13.2. The van der Waals surface area contributed by atoms with Gasteiger partial charge < -0.3 is 9.42 Å². The maximum Gasteiger partial charge on any atom is 0.436 e. The molecule has 11 heteroatoms. The Morgan fingerprint density at radius 3 is 2.64 bits per heavy atom. The number of rotatable bonds is 7. The molecule has 0 atom stereocenters. The minimum absolute atomic E-state index is 0.0211. The van der Waals surface area contributed by atoms with Crippen molar-refractivity contribution in [3.63, 3.8) is 0 Å². The van der Waals surface area contributed by atoms with E-state index in [1.807, 2.05) is 7.05 Å². The van der Waals surface area contributed by atoms with Crippen LogP contribution in [-0.4, -0.2) is 44.7 Å². The summed E-state index contributed by atoms with van der Waals surface area (Å²) in [7, 11) is -1.74. The Labute approximate surface area is 165 Å². The van der Waals surface area contributed by atoms with Gasteiger partial charge in [0.25, 0.3) is 0 Å². The van der Waals surface area contributed by atoms with E-state index in [0.29, 0.717) is 12.6 Å². The van der Waals surface area contributed by atoms with Crippen LogP contribution in [0.1, 0.15) is 37.8 Å². The van der Waals surface area contributed by atoms with Gasteiger partial charge in [0.1, 0.15) is 4.21 Å². The summed E-state index contributed by atoms with van der Waals surface area (Å²) in [5.74, 6) is -0.115. The van der Waals surface area contributed by atoms with E-state index in [9.17, 15) is 21.6 Å². The SMILES string of the molecule is CN(CCNS(=O)(=O)c1ccc(-c2cc(C(F)(F)F)no2)s1)C1CCCCC1. The van der Waals surface area contributed by atoms with Crippen LogP contribution in [0.2, 0.25) is 0 Å². The van der Waals surface area contributed by atoms with Crippen molar-refractivity contribution in [1.29, 1.82) is 0 Å². The molecule has 0 aliphatic heterocycles. The smallest absolute Gasteiger partial charge is 0.355 e. The summed E-state index contributed by atoms with van der Waals surface area (Å²) in [6.07, 6.45) is 1.32. The van der Waals surface area contributed by atoms with Crippen LogP contribution in [0.5, 0.6) is 0 Å². The second-order valence-electron chi connectivity index (χ2n) is 6.86. The number of alkyl halides is 3. The molecular weight excluding hydrogens is 415 g/mol. The lowest BCUT2D eigenvalue weighted by atomic mass is 9.94. The Bertz CT molecular complexity index is 887. The van der Waals surface area contributed by atoms with E-state index in [0.717, 1.165) is 30.2 Å². The first kappa shape index (κ1) is 21.3. The fourth-order valence-corrected chi connectivity index (χ4v) is 5.57. The van der Waals surface area contributed by atoms with E-state index in [-0.39, 0.29) is 21.4 Å². The lowest BCUT2D eigenvalue weighted by molar-refractivity contribution is -0.142. The number of likely N-dealkylation sites (N-methyl/N-ethyl adjacent to an activating group) is 1. The van der Waals surface area contributed by atoms with Gasteiger partial charge in [-0.05, 0) is 32.0 Å². The third-order valence-electron chi connectivity index (χ3n) is 4.84. The van der Waals surface area contributed by atoms with Crippen molar-refractivity contribution in [3.8, 4) is 10.6 Å². The van der Waals surface area contributed by atoms with Crippen LogP contribution in [0.3, 0.4) is 0 Å². The number of nitrogens with zero attached hydrogens (tertiary/aromatic N) is 2. The summed E-state index contributed by atoms with van der Waals surface area (Å²) < 4.78 is 70.0. The van der Waals surface area contributed by atoms with Gasteiger partial charge in [-0.1, -0.05) is 24.4 Å². The molecular formula is C17H22F3N3O3S2. The van der Waals surface area contributed by atoms with Crippen molar-refractivity contribution in [1.82, 2.24) is 14.8 Å². The minimum Gasteiger partial charge on any atom is -0.355 e. The largest absolute Gasteiger partial charge is 0.436 e. The van der Waals surface area contributed by atoms with E-state index in [2.05, 4.69) is 14.8 Å². The number of thiophene rings is 1. The van der Waals surface area contributed by atoms with Gasteiger partial charge in [-0.2, -0.15) is 13.2 Å². The van der Waals surface area contributed by atoms with Gasteiger partial charge in [0.15, 0.2) is 11.5 Å². The highest BCUT2D eigenvalue weighted by Gasteiger charge is 2.35. The molecule has 0 amide bonds. The first-order valence-corrected chi connectivity index (χ1v) is 11.3. The molecule has 0 radical (unpaired) electrons. The molecule has 3 rings (SSSR count).